The van der Waals surface area contributed by atoms with Gasteiger partial charge in [0.2, 0.25) is 0 Å². The predicted molar refractivity (Wildman–Crippen MR) is 79.8 cm³/mol. The predicted octanol–water partition coefficient (Wildman–Crippen LogP) is 4.57. The second-order valence-electron chi connectivity index (χ2n) is 4.69. The van der Waals surface area contributed by atoms with Crippen molar-refractivity contribution < 1.29 is 0 Å². The molecule has 2 aromatic rings. The fourth-order valence-corrected chi connectivity index (χ4v) is 1.98. The maximum atomic E-state index is 4.22. The zero-order valence-corrected chi connectivity index (χ0v) is 11.0. The van der Waals surface area contributed by atoms with Crippen LogP contribution in [0.5, 0.6) is 0 Å². The third kappa shape index (κ3) is 2.80. The molecule has 0 spiro atoms. The summed E-state index contributed by atoms with van der Waals surface area (Å²) >= 11 is 0. The summed E-state index contributed by atoms with van der Waals surface area (Å²) < 4.78 is 0. The van der Waals surface area contributed by atoms with Crippen LogP contribution in [-0.4, -0.2) is 6.04 Å². The standard InChI is InChI=1S/C17H19N/c1-13(2)18-17-12-8-7-11-16(17)14(3)15-9-5-4-6-10-15/h4-13,18H,3H2,1-2H3. The third-order valence-electron chi connectivity index (χ3n) is 2.82. The lowest BCUT2D eigenvalue weighted by atomic mass is 9.98. The van der Waals surface area contributed by atoms with Crippen LogP contribution in [0.2, 0.25) is 0 Å². The molecule has 0 saturated carbocycles. The van der Waals surface area contributed by atoms with Crippen LogP contribution < -0.4 is 5.32 Å². The van der Waals surface area contributed by atoms with Crippen molar-refractivity contribution in [1.82, 2.24) is 0 Å². The quantitative estimate of drug-likeness (QED) is 0.821. The Morgan fingerprint density at radius 1 is 0.944 bits per heavy atom. The fraction of sp³-hybridized carbons (Fsp3) is 0.176. The molecule has 0 unspecified atom stereocenters. The Labute approximate surface area is 109 Å². The van der Waals surface area contributed by atoms with Crippen molar-refractivity contribution in [1.29, 1.82) is 0 Å². The average molecular weight is 237 g/mol. The Hall–Kier alpha value is -2.02. The molecule has 0 saturated heterocycles. The number of benzene rings is 2. The lowest BCUT2D eigenvalue weighted by Crippen LogP contribution is -2.11. The summed E-state index contributed by atoms with van der Waals surface area (Å²) in [6, 6.07) is 19.0. The Morgan fingerprint density at radius 2 is 1.56 bits per heavy atom. The number of para-hydroxylation sites is 1. The molecule has 0 aliphatic carbocycles. The Balaban J connectivity index is 2.36. The summed E-state index contributed by atoms with van der Waals surface area (Å²) in [6.45, 7) is 8.50. The van der Waals surface area contributed by atoms with E-state index in [-0.39, 0.29) is 0 Å². The molecule has 0 amide bonds. The van der Waals surface area contributed by atoms with Crippen LogP contribution in [0, 0.1) is 0 Å². The zero-order chi connectivity index (χ0) is 13.0. The van der Waals surface area contributed by atoms with E-state index >= 15 is 0 Å². The first kappa shape index (κ1) is 12.4. The van der Waals surface area contributed by atoms with Gasteiger partial charge >= 0.3 is 0 Å². The largest absolute Gasteiger partial charge is 0.382 e. The number of nitrogens with one attached hydrogen (secondary N) is 1. The monoisotopic (exact) mass is 237 g/mol. The van der Waals surface area contributed by atoms with Gasteiger partial charge in [-0.05, 0) is 31.1 Å². The van der Waals surface area contributed by atoms with Gasteiger partial charge in [0.1, 0.15) is 0 Å². The van der Waals surface area contributed by atoms with Crippen molar-refractivity contribution in [3.8, 4) is 0 Å². The molecule has 18 heavy (non-hydrogen) atoms. The average Bonchev–Trinajstić information content (AvgIpc) is 2.39. The smallest absolute Gasteiger partial charge is 0.0421 e. The van der Waals surface area contributed by atoms with Crippen molar-refractivity contribution in [2.75, 3.05) is 5.32 Å². The summed E-state index contributed by atoms with van der Waals surface area (Å²) in [4.78, 5) is 0. The molecule has 2 aromatic carbocycles. The van der Waals surface area contributed by atoms with E-state index in [2.05, 4.69) is 56.1 Å². The number of anilines is 1. The van der Waals surface area contributed by atoms with Gasteiger partial charge in [-0.2, -0.15) is 0 Å². The molecule has 0 heterocycles. The van der Waals surface area contributed by atoms with Crippen LogP contribution >= 0.6 is 0 Å². The van der Waals surface area contributed by atoms with E-state index in [1.54, 1.807) is 0 Å². The fourth-order valence-electron chi connectivity index (χ4n) is 1.98. The van der Waals surface area contributed by atoms with Gasteiger partial charge in [0.15, 0.2) is 0 Å². The molecule has 92 valence electrons. The SMILES string of the molecule is C=C(c1ccccc1)c1ccccc1NC(C)C. The highest BCUT2D eigenvalue weighted by Gasteiger charge is 2.07. The van der Waals surface area contributed by atoms with Gasteiger partial charge in [0.25, 0.3) is 0 Å². The maximum absolute atomic E-state index is 4.22. The second kappa shape index (κ2) is 5.54. The molecule has 1 N–H and O–H groups in total. The van der Waals surface area contributed by atoms with Crippen LogP contribution in [0.15, 0.2) is 61.2 Å². The lowest BCUT2D eigenvalue weighted by Gasteiger charge is -2.16. The minimum Gasteiger partial charge on any atom is -0.382 e. The molecular weight excluding hydrogens is 218 g/mol. The van der Waals surface area contributed by atoms with Crippen molar-refractivity contribution in [3.63, 3.8) is 0 Å². The number of rotatable bonds is 4. The molecule has 0 fully saturated rings. The summed E-state index contributed by atoms with van der Waals surface area (Å²) in [7, 11) is 0. The number of hydrogen-bond donors (Lipinski definition) is 1. The Bertz CT molecular complexity index is 526. The van der Waals surface area contributed by atoms with E-state index in [9.17, 15) is 0 Å². The highest BCUT2D eigenvalue weighted by Crippen LogP contribution is 2.28. The molecule has 1 heteroatoms. The van der Waals surface area contributed by atoms with Gasteiger partial charge in [-0.25, -0.2) is 0 Å². The van der Waals surface area contributed by atoms with Gasteiger partial charge in [0, 0.05) is 17.3 Å². The normalized spacial score (nSPS) is 10.4. The van der Waals surface area contributed by atoms with E-state index in [1.165, 1.54) is 0 Å². The van der Waals surface area contributed by atoms with Crippen LogP contribution in [0.1, 0.15) is 25.0 Å². The van der Waals surface area contributed by atoms with Crippen molar-refractivity contribution in [3.05, 3.63) is 72.3 Å². The number of hydrogen-bond acceptors (Lipinski definition) is 1. The molecular formula is C17H19N. The minimum absolute atomic E-state index is 0.412. The van der Waals surface area contributed by atoms with Crippen molar-refractivity contribution in [2.24, 2.45) is 0 Å². The first-order valence-corrected chi connectivity index (χ1v) is 6.28. The molecule has 0 bridgehead atoms. The highest BCUT2D eigenvalue weighted by atomic mass is 14.9. The van der Waals surface area contributed by atoms with E-state index in [0.717, 1.165) is 22.4 Å². The maximum Gasteiger partial charge on any atom is 0.0421 e. The van der Waals surface area contributed by atoms with Gasteiger partial charge in [-0.1, -0.05) is 55.1 Å². The van der Waals surface area contributed by atoms with Crippen LogP contribution in [0.25, 0.3) is 5.57 Å². The third-order valence-corrected chi connectivity index (χ3v) is 2.82. The first-order chi connectivity index (χ1) is 8.68. The van der Waals surface area contributed by atoms with Gasteiger partial charge in [0.05, 0.1) is 0 Å². The van der Waals surface area contributed by atoms with Crippen molar-refractivity contribution in [2.45, 2.75) is 19.9 Å². The minimum atomic E-state index is 0.412. The Morgan fingerprint density at radius 3 is 2.22 bits per heavy atom. The molecule has 0 aliphatic heterocycles. The topological polar surface area (TPSA) is 12.0 Å². The summed E-state index contributed by atoms with van der Waals surface area (Å²) in [5.41, 5.74) is 4.52. The van der Waals surface area contributed by atoms with Gasteiger partial charge in [-0.15, -0.1) is 0 Å². The lowest BCUT2D eigenvalue weighted by molar-refractivity contribution is 0.899. The highest BCUT2D eigenvalue weighted by molar-refractivity contribution is 5.84. The van der Waals surface area contributed by atoms with E-state index in [1.807, 2.05) is 24.3 Å². The molecule has 1 nitrogen and oxygen atoms in total. The summed E-state index contributed by atoms with van der Waals surface area (Å²) in [5, 5.41) is 3.46. The van der Waals surface area contributed by atoms with Crippen LogP contribution in [0.4, 0.5) is 5.69 Å². The van der Waals surface area contributed by atoms with Crippen LogP contribution in [0.3, 0.4) is 0 Å². The molecule has 0 aromatic heterocycles. The molecule has 2 rings (SSSR count). The summed E-state index contributed by atoms with van der Waals surface area (Å²) in [5.74, 6) is 0. The van der Waals surface area contributed by atoms with Gasteiger partial charge in [-0.3, -0.25) is 0 Å². The molecule has 0 radical (unpaired) electrons. The van der Waals surface area contributed by atoms with Crippen LogP contribution in [-0.2, 0) is 0 Å². The first-order valence-electron chi connectivity index (χ1n) is 6.28. The Kier molecular flexibility index (Phi) is 3.83. The van der Waals surface area contributed by atoms with E-state index < -0.39 is 0 Å². The van der Waals surface area contributed by atoms with Gasteiger partial charge < -0.3 is 5.32 Å². The van der Waals surface area contributed by atoms with E-state index in [0.29, 0.717) is 6.04 Å². The molecule has 0 atom stereocenters. The second-order valence-corrected chi connectivity index (χ2v) is 4.69. The van der Waals surface area contributed by atoms with E-state index in [4.69, 9.17) is 0 Å². The van der Waals surface area contributed by atoms with Crippen molar-refractivity contribution >= 4 is 11.3 Å². The molecule has 0 aliphatic rings. The summed E-state index contributed by atoms with van der Waals surface area (Å²) in [6.07, 6.45) is 0. The zero-order valence-electron chi connectivity index (χ0n) is 11.0.